The predicted molar refractivity (Wildman–Crippen MR) is 86.8 cm³/mol. The molecule has 0 bridgehead atoms. The summed E-state index contributed by atoms with van der Waals surface area (Å²) in [7, 11) is -4.78. The number of rotatable bonds is 1. The lowest BCUT2D eigenvalue weighted by molar-refractivity contribution is 0.443. The first kappa shape index (κ1) is 16.2. The molecular formula is C18H10F3O2S2+. The topological polar surface area (TPSA) is 34.1 Å². The summed E-state index contributed by atoms with van der Waals surface area (Å²) in [6, 6.07) is 14.5. The maximum absolute atomic E-state index is 13.8. The molecule has 0 saturated heterocycles. The van der Waals surface area contributed by atoms with Gasteiger partial charge in [-0.05, 0) is 24.3 Å². The highest BCUT2D eigenvalue weighted by atomic mass is 32.2. The van der Waals surface area contributed by atoms with E-state index in [0.717, 1.165) is 12.1 Å². The third-order valence-corrected chi connectivity index (χ3v) is 8.34. The molecule has 0 saturated carbocycles. The molecule has 1 aliphatic heterocycles. The van der Waals surface area contributed by atoms with Crippen molar-refractivity contribution < 1.29 is 21.6 Å². The van der Waals surface area contributed by atoms with Crippen molar-refractivity contribution >= 4 is 20.7 Å². The van der Waals surface area contributed by atoms with Crippen LogP contribution >= 0.6 is 0 Å². The number of hydrogen-bond acceptors (Lipinski definition) is 2. The SMILES string of the molecule is O=S1(=O)c2ccccc2[S+](c2cc(F)c(F)c(F)c2)c2ccccc21. The van der Waals surface area contributed by atoms with Gasteiger partial charge in [0.05, 0.1) is 0 Å². The van der Waals surface area contributed by atoms with Gasteiger partial charge in [0.25, 0.3) is 0 Å². The van der Waals surface area contributed by atoms with Gasteiger partial charge in [-0.25, -0.2) is 21.6 Å². The minimum absolute atomic E-state index is 0.0992. The van der Waals surface area contributed by atoms with Crippen LogP contribution in [-0.4, -0.2) is 8.42 Å². The van der Waals surface area contributed by atoms with E-state index >= 15 is 0 Å². The largest absolute Gasteiger partial charge is 0.218 e. The molecule has 1 aliphatic rings. The van der Waals surface area contributed by atoms with Gasteiger partial charge in [-0.1, -0.05) is 24.3 Å². The molecule has 7 heteroatoms. The molecule has 0 aromatic heterocycles. The maximum Gasteiger partial charge on any atom is 0.216 e. The molecule has 0 unspecified atom stereocenters. The molecule has 0 atom stereocenters. The molecule has 0 aliphatic carbocycles. The fraction of sp³-hybridized carbons (Fsp3) is 0. The number of halogens is 3. The van der Waals surface area contributed by atoms with Gasteiger partial charge in [0, 0.05) is 12.1 Å². The number of sulfone groups is 1. The van der Waals surface area contributed by atoms with E-state index in [1.165, 1.54) is 12.1 Å². The Morgan fingerprint density at radius 3 is 1.64 bits per heavy atom. The Kier molecular flexibility index (Phi) is 3.66. The quantitative estimate of drug-likeness (QED) is 0.364. The average Bonchev–Trinajstić information content (AvgIpc) is 2.60. The van der Waals surface area contributed by atoms with Crippen molar-refractivity contribution in [3.63, 3.8) is 0 Å². The Labute approximate surface area is 145 Å². The fourth-order valence-corrected chi connectivity index (χ4v) is 7.55. The molecule has 4 rings (SSSR count). The van der Waals surface area contributed by atoms with Crippen molar-refractivity contribution in [1.29, 1.82) is 0 Å². The van der Waals surface area contributed by atoms with Crippen LogP contribution in [0.15, 0.2) is 85.1 Å². The lowest BCUT2D eigenvalue weighted by atomic mass is 10.3. The van der Waals surface area contributed by atoms with E-state index in [-0.39, 0.29) is 14.7 Å². The molecule has 0 N–H and O–H groups in total. The molecule has 0 fully saturated rings. The summed E-state index contributed by atoms with van der Waals surface area (Å²) < 4.78 is 66.6. The van der Waals surface area contributed by atoms with Crippen molar-refractivity contribution in [2.24, 2.45) is 0 Å². The molecule has 0 amide bonds. The number of fused-ring (bicyclic) bond motifs is 2. The molecule has 3 aromatic carbocycles. The molecule has 1 heterocycles. The van der Waals surface area contributed by atoms with E-state index in [9.17, 15) is 21.6 Å². The van der Waals surface area contributed by atoms with Crippen molar-refractivity contribution in [2.45, 2.75) is 24.5 Å². The lowest BCUT2D eigenvalue weighted by Gasteiger charge is -2.19. The standard InChI is InChI=1S/C18H10F3O2S2/c19-12-9-11(10-13(20)18(12)21)24-14-5-1-3-7-16(14)25(22,23)17-8-4-2-6-15(17)24/h1-10H/q+1. The maximum atomic E-state index is 13.8. The fourth-order valence-electron chi connectivity index (χ4n) is 2.82. The second-order valence-electron chi connectivity index (χ2n) is 5.40. The van der Waals surface area contributed by atoms with Crippen LogP contribution < -0.4 is 0 Å². The van der Waals surface area contributed by atoms with E-state index in [0.29, 0.717) is 9.79 Å². The molecule has 126 valence electrons. The van der Waals surface area contributed by atoms with Crippen molar-refractivity contribution in [1.82, 2.24) is 0 Å². The highest BCUT2D eigenvalue weighted by molar-refractivity contribution is 8.00. The molecule has 3 aromatic rings. The smallest absolute Gasteiger partial charge is 0.216 e. The summed E-state index contributed by atoms with van der Waals surface area (Å²) in [4.78, 5) is 1.26. The summed E-state index contributed by atoms with van der Waals surface area (Å²) in [6.45, 7) is 0. The van der Waals surface area contributed by atoms with E-state index in [2.05, 4.69) is 0 Å². The van der Waals surface area contributed by atoms with Gasteiger partial charge in [0.1, 0.15) is 20.7 Å². The van der Waals surface area contributed by atoms with E-state index in [1.54, 1.807) is 36.4 Å². The Morgan fingerprint density at radius 1 is 0.720 bits per heavy atom. The van der Waals surface area contributed by atoms with Crippen LogP contribution in [0.25, 0.3) is 0 Å². The van der Waals surface area contributed by atoms with Crippen molar-refractivity contribution in [2.75, 3.05) is 0 Å². The van der Waals surface area contributed by atoms with Gasteiger partial charge in [0.15, 0.2) is 32.1 Å². The third-order valence-electron chi connectivity index (χ3n) is 3.91. The van der Waals surface area contributed by atoms with Crippen molar-refractivity contribution in [3.05, 3.63) is 78.1 Å². The van der Waals surface area contributed by atoms with Crippen molar-refractivity contribution in [3.8, 4) is 0 Å². The van der Waals surface area contributed by atoms with Crippen LogP contribution in [0, 0.1) is 17.5 Å². The van der Waals surface area contributed by atoms with Crippen LogP contribution in [0.2, 0.25) is 0 Å². The molecule has 0 radical (unpaired) electrons. The zero-order valence-corrected chi connectivity index (χ0v) is 14.2. The first-order valence-electron chi connectivity index (χ1n) is 7.23. The first-order valence-corrected chi connectivity index (χ1v) is 9.94. The zero-order chi connectivity index (χ0) is 17.8. The summed E-state index contributed by atoms with van der Waals surface area (Å²) in [5.74, 6) is -4.14. The third kappa shape index (κ3) is 2.38. The van der Waals surface area contributed by atoms with Gasteiger partial charge in [-0.15, -0.1) is 0 Å². The van der Waals surface area contributed by atoms with E-state index in [1.807, 2.05) is 0 Å². The van der Waals surface area contributed by atoms with Crippen LogP contribution in [0.5, 0.6) is 0 Å². The van der Waals surface area contributed by atoms with Gasteiger partial charge in [-0.2, -0.15) is 0 Å². The first-order chi connectivity index (χ1) is 11.9. The second kappa shape index (κ2) is 5.64. The predicted octanol–water partition coefficient (Wildman–Crippen LogP) is 4.35. The highest BCUT2D eigenvalue weighted by Gasteiger charge is 2.45. The molecule has 0 spiro atoms. The summed E-state index contributed by atoms with van der Waals surface area (Å²) in [6.07, 6.45) is 0. The van der Waals surface area contributed by atoms with Crippen LogP contribution in [0.1, 0.15) is 0 Å². The highest BCUT2D eigenvalue weighted by Crippen LogP contribution is 2.44. The monoisotopic (exact) mass is 379 g/mol. The lowest BCUT2D eigenvalue weighted by Crippen LogP contribution is -2.20. The minimum Gasteiger partial charge on any atom is -0.218 e. The Morgan fingerprint density at radius 2 is 1.16 bits per heavy atom. The van der Waals surface area contributed by atoms with Gasteiger partial charge < -0.3 is 0 Å². The van der Waals surface area contributed by atoms with Gasteiger partial charge >= 0.3 is 0 Å². The normalized spacial score (nSPS) is 15.5. The number of hydrogen-bond donors (Lipinski definition) is 0. The van der Waals surface area contributed by atoms with E-state index < -0.39 is 38.2 Å². The van der Waals surface area contributed by atoms with Crippen LogP contribution in [-0.2, 0) is 20.7 Å². The Hall–Kier alpha value is -2.25. The van der Waals surface area contributed by atoms with Gasteiger partial charge in [-0.3, -0.25) is 0 Å². The van der Waals surface area contributed by atoms with Crippen LogP contribution in [0.4, 0.5) is 13.2 Å². The minimum atomic E-state index is -3.73. The van der Waals surface area contributed by atoms with Crippen LogP contribution in [0.3, 0.4) is 0 Å². The Balaban J connectivity index is 2.08. The summed E-state index contributed by atoms with van der Waals surface area (Å²) in [5.41, 5.74) is 0. The summed E-state index contributed by atoms with van der Waals surface area (Å²) in [5, 5.41) is 0. The van der Waals surface area contributed by atoms with Gasteiger partial charge in [0.2, 0.25) is 9.84 Å². The molecular weight excluding hydrogens is 369 g/mol. The number of benzene rings is 3. The Bertz CT molecular complexity index is 1030. The summed E-state index contributed by atoms with van der Waals surface area (Å²) >= 11 is 0. The van der Waals surface area contributed by atoms with E-state index in [4.69, 9.17) is 0 Å². The molecule has 25 heavy (non-hydrogen) atoms. The molecule has 2 nitrogen and oxygen atoms in total. The zero-order valence-electron chi connectivity index (χ0n) is 12.5. The average molecular weight is 379 g/mol. The second-order valence-corrected chi connectivity index (χ2v) is 9.25.